The Labute approximate surface area is 50.6 Å². The maximum absolute atomic E-state index is 10.4. The Morgan fingerprint density at radius 3 is 3.22 bits per heavy atom. The average Bonchev–Trinajstić information content (AvgIpc) is 2.22. The molecule has 0 fully saturated rings. The van der Waals surface area contributed by atoms with Crippen molar-refractivity contribution in [1.82, 2.24) is 0 Å². The van der Waals surface area contributed by atoms with Crippen LogP contribution in [0.5, 0.6) is 0 Å². The van der Waals surface area contributed by atoms with Crippen LogP contribution in [-0.2, 0) is 9.53 Å². The van der Waals surface area contributed by atoms with Gasteiger partial charge in [-0.3, -0.25) is 0 Å². The highest BCUT2D eigenvalue weighted by atomic mass is 16.5. The number of hydrogen-bond acceptors (Lipinski definition) is 4. The molecule has 44 valence electrons. The minimum atomic E-state index is -0.388. The zero-order valence-electron chi connectivity index (χ0n) is 4.37. The standard InChI is InChI=1S/C5H2N2O2/c8-4-1-3-5(9-4)7-2-6-3/h1-2H. The van der Waals surface area contributed by atoms with E-state index >= 15 is 0 Å². The molecule has 0 aromatic rings. The fourth-order valence-electron chi connectivity index (χ4n) is 0.679. The first-order chi connectivity index (χ1) is 4.36. The highest BCUT2D eigenvalue weighted by molar-refractivity contribution is 6.15. The molecular formula is C5H2N2O2. The first kappa shape index (κ1) is 4.43. The van der Waals surface area contributed by atoms with E-state index in [0.717, 1.165) is 0 Å². The highest BCUT2D eigenvalue weighted by Gasteiger charge is 2.23. The van der Waals surface area contributed by atoms with Gasteiger partial charge in [0, 0.05) is 0 Å². The summed E-state index contributed by atoms with van der Waals surface area (Å²) < 4.78 is 4.58. The molecule has 9 heavy (non-hydrogen) atoms. The van der Waals surface area contributed by atoms with Crippen molar-refractivity contribution >= 4 is 18.2 Å². The third-order valence-corrected chi connectivity index (χ3v) is 1.04. The van der Waals surface area contributed by atoms with E-state index in [0.29, 0.717) is 11.6 Å². The second-order valence-corrected chi connectivity index (χ2v) is 1.63. The van der Waals surface area contributed by atoms with Crippen LogP contribution in [0, 0.1) is 0 Å². The Balaban J connectivity index is 2.51. The molecule has 4 heteroatoms. The number of hydrogen-bond donors (Lipinski definition) is 0. The van der Waals surface area contributed by atoms with Crippen LogP contribution >= 0.6 is 0 Å². The molecule has 0 N–H and O–H groups in total. The number of aliphatic imine (C=N–C) groups is 2. The van der Waals surface area contributed by atoms with E-state index in [9.17, 15) is 4.79 Å². The molecule has 0 spiro atoms. The van der Waals surface area contributed by atoms with Crippen LogP contribution in [0.2, 0.25) is 0 Å². The van der Waals surface area contributed by atoms with Crippen LogP contribution in [-0.4, -0.2) is 18.2 Å². The fraction of sp³-hybridized carbons (Fsp3) is 0. The minimum Gasteiger partial charge on any atom is -0.402 e. The summed E-state index contributed by atoms with van der Waals surface area (Å²) in [5.41, 5.74) is 0.528. The lowest BCUT2D eigenvalue weighted by Gasteiger charge is -1.86. The van der Waals surface area contributed by atoms with Gasteiger partial charge in [0.1, 0.15) is 12.0 Å². The number of nitrogens with zero attached hydrogens (tertiary/aromatic N) is 2. The summed E-state index contributed by atoms with van der Waals surface area (Å²) in [4.78, 5) is 17.8. The van der Waals surface area contributed by atoms with Crippen molar-refractivity contribution in [2.45, 2.75) is 0 Å². The summed E-state index contributed by atoms with van der Waals surface area (Å²) in [6, 6.07) is 0. The van der Waals surface area contributed by atoms with Crippen LogP contribution in [0.3, 0.4) is 0 Å². The van der Waals surface area contributed by atoms with Crippen molar-refractivity contribution in [3.8, 4) is 0 Å². The van der Waals surface area contributed by atoms with E-state index in [1.807, 2.05) is 0 Å². The largest absolute Gasteiger partial charge is 0.402 e. The number of esters is 1. The smallest absolute Gasteiger partial charge is 0.339 e. The summed E-state index contributed by atoms with van der Waals surface area (Å²) >= 11 is 0. The molecular weight excluding hydrogens is 120 g/mol. The molecule has 0 amide bonds. The molecule has 0 bridgehead atoms. The van der Waals surface area contributed by atoms with Crippen LogP contribution in [0.1, 0.15) is 0 Å². The van der Waals surface area contributed by atoms with Gasteiger partial charge in [-0.2, -0.15) is 4.99 Å². The van der Waals surface area contributed by atoms with Crippen molar-refractivity contribution in [2.75, 3.05) is 0 Å². The van der Waals surface area contributed by atoms with E-state index in [1.54, 1.807) is 0 Å². The predicted molar refractivity (Wildman–Crippen MR) is 30.1 cm³/mol. The maximum atomic E-state index is 10.4. The van der Waals surface area contributed by atoms with E-state index in [4.69, 9.17) is 0 Å². The molecule has 0 unspecified atom stereocenters. The van der Waals surface area contributed by atoms with Crippen molar-refractivity contribution in [3.05, 3.63) is 11.8 Å². The number of fused-ring (bicyclic) bond motifs is 1. The molecule has 0 atom stereocenters. The zero-order valence-corrected chi connectivity index (χ0v) is 4.37. The van der Waals surface area contributed by atoms with Crippen LogP contribution in [0.15, 0.2) is 21.8 Å². The second kappa shape index (κ2) is 1.28. The van der Waals surface area contributed by atoms with Gasteiger partial charge >= 0.3 is 5.97 Å². The molecule has 2 heterocycles. The number of ether oxygens (including phenoxy) is 1. The first-order valence-corrected chi connectivity index (χ1v) is 2.40. The Morgan fingerprint density at radius 1 is 1.56 bits per heavy atom. The SMILES string of the molecule is O=C1C=C2N=CN=C2O1. The molecule has 0 radical (unpaired) electrons. The number of rotatable bonds is 0. The summed E-state index contributed by atoms with van der Waals surface area (Å²) in [5, 5.41) is 0. The second-order valence-electron chi connectivity index (χ2n) is 1.63. The Morgan fingerprint density at radius 2 is 2.44 bits per heavy atom. The van der Waals surface area contributed by atoms with Crippen LogP contribution < -0.4 is 0 Å². The van der Waals surface area contributed by atoms with Crippen molar-refractivity contribution < 1.29 is 9.53 Å². The van der Waals surface area contributed by atoms with Gasteiger partial charge in [-0.15, -0.1) is 0 Å². The third-order valence-electron chi connectivity index (χ3n) is 1.04. The lowest BCUT2D eigenvalue weighted by Crippen LogP contribution is -1.98. The number of carbonyl (C=O) groups is 1. The molecule has 2 aliphatic rings. The van der Waals surface area contributed by atoms with Gasteiger partial charge in [-0.1, -0.05) is 0 Å². The Bertz CT molecular complexity index is 262. The van der Waals surface area contributed by atoms with Gasteiger partial charge in [0.25, 0.3) is 5.90 Å². The van der Waals surface area contributed by atoms with E-state index in [1.165, 1.54) is 12.4 Å². The normalized spacial score (nSPS) is 21.1. The lowest BCUT2D eigenvalue weighted by molar-refractivity contribution is -0.129. The van der Waals surface area contributed by atoms with Gasteiger partial charge in [0.2, 0.25) is 0 Å². The van der Waals surface area contributed by atoms with Gasteiger partial charge in [-0.05, 0) is 0 Å². The topological polar surface area (TPSA) is 51.0 Å². The monoisotopic (exact) mass is 122 g/mol. The van der Waals surface area contributed by atoms with Crippen molar-refractivity contribution in [3.63, 3.8) is 0 Å². The average molecular weight is 122 g/mol. The van der Waals surface area contributed by atoms with E-state index in [-0.39, 0.29) is 5.97 Å². The molecule has 4 nitrogen and oxygen atoms in total. The molecule has 2 rings (SSSR count). The van der Waals surface area contributed by atoms with E-state index < -0.39 is 0 Å². The molecule has 0 saturated heterocycles. The van der Waals surface area contributed by atoms with Crippen molar-refractivity contribution in [2.24, 2.45) is 9.98 Å². The maximum Gasteiger partial charge on any atom is 0.339 e. The zero-order chi connectivity index (χ0) is 6.27. The first-order valence-electron chi connectivity index (χ1n) is 2.40. The summed E-state index contributed by atoms with van der Waals surface area (Å²) in [5.74, 6) is -0.0689. The van der Waals surface area contributed by atoms with Crippen molar-refractivity contribution in [1.29, 1.82) is 0 Å². The quantitative estimate of drug-likeness (QED) is 0.420. The number of carbonyl (C=O) groups excluding carboxylic acids is 1. The molecule has 0 aromatic heterocycles. The minimum absolute atomic E-state index is 0.319. The Hall–Kier alpha value is -1.45. The lowest BCUT2D eigenvalue weighted by atomic mass is 10.5. The van der Waals surface area contributed by atoms with Gasteiger partial charge in [0.05, 0.1) is 6.08 Å². The Kier molecular flexibility index (Phi) is 0.631. The molecule has 0 saturated carbocycles. The van der Waals surface area contributed by atoms with Gasteiger partial charge < -0.3 is 4.74 Å². The van der Waals surface area contributed by atoms with Crippen LogP contribution in [0.25, 0.3) is 0 Å². The fourth-order valence-corrected chi connectivity index (χ4v) is 0.679. The van der Waals surface area contributed by atoms with Gasteiger partial charge in [0.15, 0.2) is 0 Å². The molecule has 0 aliphatic carbocycles. The summed E-state index contributed by atoms with van der Waals surface area (Å²) in [7, 11) is 0. The van der Waals surface area contributed by atoms with Crippen LogP contribution in [0.4, 0.5) is 0 Å². The van der Waals surface area contributed by atoms with Gasteiger partial charge in [-0.25, -0.2) is 9.79 Å². The summed E-state index contributed by atoms with van der Waals surface area (Å²) in [6.45, 7) is 0. The predicted octanol–water partition coefficient (Wildman–Crippen LogP) is -0.133. The van der Waals surface area contributed by atoms with E-state index in [2.05, 4.69) is 14.7 Å². The summed E-state index contributed by atoms with van der Waals surface area (Å²) in [6.07, 6.45) is 2.66. The molecule has 2 aliphatic heterocycles. The third kappa shape index (κ3) is 0.495. The molecule has 0 aromatic carbocycles. The highest BCUT2D eigenvalue weighted by Crippen LogP contribution is 2.13.